The van der Waals surface area contributed by atoms with Crippen molar-refractivity contribution in [3.8, 4) is 11.8 Å². The van der Waals surface area contributed by atoms with Crippen molar-refractivity contribution in [3.05, 3.63) is 24.9 Å². The minimum Gasteiger partial charge on any atom is -0.494 e. The van der Waals surface area contributed by atoms with Crippen LogP contribution in [0.3, 0.4) is 0 Å². The summed E-state index contributed by atoms with van der Waals surface area (Å²) in [5.41, 5.74) is 0.825. The van der Waals surface area contributed by atoms with E-state index in [1.807, 2.05) is 13.2 Å². The summed E-state index contributed by atoms with van der Waals surface area (Å²) in [6, 6.07) is 0.363. The third-order valence-corrected chi connectivity index (χ3v) is 4.30. The van der Waals surface area contributed by atoms with E-state index in [4.69, 9.17) is 9.47 Å². The normalized spacial score (nSPS) is 17.7. The highest BCUT2D eigenvalue weighted by Gasteiger charge is 2.25. The van der Waals surface area contributed by atoms with Gasteiger partial charge in [0.15, 0.2) is 11.4 Å². The Hall–Kier alpha value is -2.97. The molecule has 0 bridgehead atoms. The monoisotopic (exact) mass is 341 g/mol. The van der Waals surface area contributed by atoms with Crippen LogP contribution in [0.5, 0.6) is 11.8 Å². The van der Waals surface area contributed by atoms with E-state index in [0.717, 1.165) is 42.8 Å². The number of ether oxygens (including phenoxy) is 2. The predicted molar refractivity (Wildman–Crippen MR) is 90.8 cm³/mol. The lowest BCUT2D eigenvalue weighted by atomic mass is 10.1. The Morgan fingerprint density at radius 2 is 1.96 bits per heavy atom. The zero-order chi connectivity index (χ0) is 17.2. The first-order valence-electron chi connectivity index (χ1n) is 8.15. The van der Waals surface area contributed by atoms with E-state index in [9.17, 15) is 0 Å². The third kappa shape index (κ3) is 3.04. The molecule has 4 heterocycles. The maximum absolute atomic E-state index is 5.94. The highest BCUT2D eigenvalue weighted by molar-refractivity contribution is 5.86. The van der Waals surface area contributed by atoms with Crippen LogP contribution in [-0.4, -0.2) is 56.0 Å². The topological polar surface area (TPSA) is 91.1 Å². The lowest BCUT2D eigenvalue weighted by Gasteiger charge is -2.33. The predicted octanol–water partition coefficient (Wildman–Crippen LogP) is 1.21. The molecule has 130 valence electrons. The van der Waals surface area contributed by atoms with Crippen LogP contribution in [0.2, 0.25) is 0 Å². The summed E-state index contributed by atoms with van der Waals surface area (Å²) in [6.07, 6.45) is 8.56. The zero-order valence-corrected chi connectivity index (χ0v) is 14.2. The molecule has 9 heteroatoms. The summed E-state index contributed by atoms with van der Waals surface area (Å²) in [5, 5.41) is 5.23. The molecule has 0 aromatic carbocycles. The average Bonchev–Trinajstić information content (AvgIpc) is 3.04. The van der Waals surface area contributed by atoms with E-state index in [1.165, 1.54) is 0 Å². The largest absolute Gasteiger partial charge is 0.494 e. The number of methoxy groups -OCH3 is 1. The van der Waals surface area contributed by atoms with Gasteiger partial charge in [-0.1, -0.05) is 0 Å². The van der Waals surface area contributed by atoms with Crippen LogP contribution in [0.4, 0.5) is 5.82 Å². The summed E-state index contributed by atoms with van der Waals surface area (Å²) in [6.45, 7) is 1.64. The van der Waals surface area contributed by atoms with Gasteiger partial charge in [-0.25, -0.2) is 9.97 Å². The van der Waals surface area contributed by atoms with Gasteiger partial charge >= 0.3 is 6.01 Å². The second-order valence-corrected chi connectivity index (χ2v) is 5.94. The molecule has 1 aliphatic rings. The van der Waals surface area contributed by atoms with Crippen molar-refractivity contribution in [3.63, 3.8) is 0 Å². The minimum absolute atomic E-state index is 0.00355. The molecule has 1 aliphatic heterocycles. The maximum Gasteiger partial charge on any atom is 0.316 e. The Labute approximate surface area is 144 Å². The van der Waals surface area contributed by atoms with Crippen LogP contribution < -0.4 is 14.4 Å². The summed E-state index contributed by atoms with van der Waals surface area (Å²) in [5.74, 6) is 1.50. The fourth-order valence-corrected chi connectivity index (χ4v) is 3.05. The molecule has 0 saturated carbocycles. The molecule has 0 radical (unpaired) electrons. The van der Waals surface area contributed by atoms with Crippen LogP contribution in [0.1, 0.15) is 12.8 Å². The quantitative estimate of drug-likeness (QED) is 0.699. The number of aryl methyl sites for hydroxylation is 1. The third-order valence-electron chi connectivity index (χ3n) is 4.30. The molecule has 0 amide bonds. The van der Waals surface area contributed by atoms with Gasteiger partial charge in [-0.15, -0.1) is 0 Å². The fourth-order valence-electron chi connectivity index (χ4n) is 3.05. The molecular weight excluding hydrogens is 322 g/mol. The van der Waals surface area contributed by atoms with Gasteiger partial charge in [-0.05, 0) is 12.8 Å². The Kier molecular flexibility index (Phi) is 4.04. The Morgan fingerprint density at radius 1 is 1.12 bits per heavy atom. The maximum atomic E-state index is 5.94. The zero-order valence-electron chi connectivity index (χ0n) is 14.2. The highest BCUT2D eigenvalue weighted by Crippen LogP contribution is 2.26. The van der Waals surface area contributed by atoms with Crippen molar-refractivity contribution in [2.24, 2.45) is 7.05 Å². The summed E-state index contributed by atoms with van der Waals surface area (Å²) < 4.78 is 12.8. The van der Waals surface area contributed by atoms with E-state index in [2.05, 4.69) is 29.9 Å². The van der Waals surface area contributed by atoms with E-state index < -0.39 is 0 Å². The van der Waals surface area contributed by atoms with Crippen LogP contribution >= 0.6 is 0 Å². The number of rotatable bonds is 4. The number of fused-ring (bicyclic) bond motifs is 1. The van der Waals surface area contributed by atoms with Crippen molar-refractivity contribution >= 4 is 16.9 Å². The number of hydrogen-bond acceptors (Lipinski definition) is 8. The second kappa shape index (κ2) is 6.50. The lowest BCUT2D eigenvalue weighted by molar-refractivity contribution is 0.164. The summed E-state index contributed by atoms with van der Waals surface area (Å²) in [7, 11) is 3.46. The van der Waals surface area contributed by atoms with Gasteiger partial charge < -0.3 is 14.4 Å². The van der Waals surface area contributed by atoms with Gasteiger partial charge in [0.25, 0.3) is 0 Å². The molecule has 1 saturated heterocycles. The molecule has 1 unspecified atom stereocenters. The molecule has 25 heavy (non-hydrogen) atoms. The first kappa shape index (κ1) is 15.6. The fraction of sp³-hybridized carbons (Fsp3) is 0.438. The molecule has 4 rings (SSSR count). The van der Waals surface area contributed by atoms with E-state index >= 15 is 0 Å². The standard InChI is InChI=1S/C16H19N7O2/c1-22-14-13(8-21-22)15(20-10-19-14)23-5-3-4-11(9-23)25-16-17-6-12(24-2)7-18-16/h6-8,10-11H,3-5,9H2,1-2H3. The smallest absolute Gasteiger partial charge is 0.316 e. The molecular formula is C16H19N7O2. The van der Waals surface area contributed by atoms with Crippen molar-refractivity contribution in [2.45, 2.75) is 18.9 Å². The van der Waals surface area contributed by atoms with E-state index in [0.29, 0.717) is 11.8 Å². The molecule has 0 spiro atoms. The number of anilines is 1. The highest BCUT2D eigenvalue weighted by atomic mass is 16.5. The minimum atomic E-state index is 0.00355. The number of hydrogen-bond donors (Lipinski definition) is 0. The Balaban J connectivity index is 1.52. The number of nitrogens with zero attached hydrogens (tertiary/aromatic N) is 7. The summed E-state index contributed by atoms with van der Waals surface area (Å²) in [4.78, 5) is 19.3. The van der Waals surface area contributed by atoms with Gasteiger partial charge in [-0.2, -0.15) is 15.1 Å². The average molecular weight is 341 g/mol. The van der Waals surface area contributed by atoms with Crippen molar-refractivity contribution in [1.82, 2.24) is 29.7 Å². The Bertz CT molecular complexity index is 865. The molecule has 1 atom stereocenters. The van der Waals surface area contributed by atoms with Crippen LogP contribution in [0, 0.1) is 0 Å². The van der Waals surface area contributed by atoms with Gasteiger partial charge in [0.05, 0.1) is 37.6 Å². The lowest BCUT2D eigenvalue weighted by Crippen LogP contribution is -2.41. The SMILES string of the molecule is COc1cnc(OC2CCCN(c3ncnc4c3cnn4C)C2)nc1. The van der Waals surface area contributed by atoms with E-state index in [-0.39, 0.29) is 6.10 Å². The van der Waals surface area contributed by atoms with Crippen LogP contribution in [-0.2, 0) is 7.05 Å². The van der Waals surface area contributed by atoms with E-state index in [1.54, 1.807) is 30.5 Å². The Morgan fingerprint density at radius 3 is 2.76 bits per heavy atom. The van der Waals surface area contributed by atoms with Crippen molar-refractivity contribution < 1.29 is 9.47 Å². The molecule has 0 N–H and O–H groups in total. The first-order chi connectivity index (χ1) is 12.2. The molecule has 0 aliphatic carbocycles. The van der Waals surface area contributed by atoms with Crippen LogP contribution in [0.25, 0.3) is 11.0 Å². The molecule has 3 aromatic rings. The first-order valence-corrected chi connectivity index (χ1v) is 8.15. The van der Waals surface area contributed by atoms with Crippen LogP contribution in [0.15, 0.2) is 24.9 Å². The number of piperidine rings is 1. The van der Waals surface area contributed by atoms with Crippen molar-refractivity contribution in [1.29, 1.82) is 0 Å². The summed E-state index contributed by atoms with van der Waals surface area (Å²) >= 11 is 0. The molecule has 1 fully saturated rings. The molecule has 3 aromatic heterocycles. The van der Waals surface area contributed by atoms with Gasteiger partial charge in [0.1, 0.15) is 18.2 Å². The second-order valence-electron chi connectivity index (χ2n) is 5.94. The van der Waals surface area contributed by atoms with Crippen molar-refractivity contribution in [2.75, 3.05) is 25.1 Å². The van der Waals surface area contributed by atoms with Gasteiger partial charge in [0.2, 0.25) is 0 Å². The molecule has 9 nitrogen and oxygen atoms in total. The van der Waals surface area contributed by atoms with Gasteiger partial charge in [-0.3, -0.25) is 4.68 Å². The number of aromatic nitrogens is 6. The van der Waals surface area contributed by atoms with Gasteiger partial charge in [0, 0.05) is 13.6 Å².